The van der Waals surface area contributed by atoms with Gasteiger partial charge in [0.15, 0.2) is 0 Å². The first kappa shape index (κ1) is 20.8. The zero-order valence-electron chi connectivity index (χ0n) is 15.3. The Labute approximate surface area is 164 Å². The number of hydrogen-bond donors (Lipinski definition) is 2. The number of phenolic OH excluding ortho intramolecular Hbond substituents is 1. The number of amides is 1. The van der Waals surface area contributed by atoms with Crippen LogP contribution in [0.4, 0.5) is 0 Å². The molecule has 5 nitrogen and oxygen atoms in total. The maximum absolute atomic E-state index is 12.2. The van der Waals surface area contributed by atoms with Crippen molar-refractivity contribution in [3.63, 3.8) is 0 Å². The normalized spacial score (nSPS) is 10.4. The van der Waals surface area contributed by atoms with Crippen LogP contribution in [0.3, 0.4) is 0 Å². The van der Waals surface area contributed by atoms with Gasteiger partial charge in [0.1, 0.15) is 5.75 Å². The van der Waals surface area contributed by atoms with E-state index in [1.807, 2.05) is 13.0 Å². The summed E-state index contributed by atoms with van der Waals surface area (Å²) in [7, 11) is 0. The molecule has 0 aliphatic carbocycles. The number of hydrogen-bond acceptors (Lipinski definition) is 4. The van der Waals surface area contributed by atoms with E-state index in [1.54, 1.807) is 30.3 Å². The summed E-state index contributed by atoms with van der Waals surface area (Å²) >= 11 is 6.05. The van der Waals surface area contributed by atoms with Crippen molar-refractivity contribution in [3.05, 3.63) is 64.2 Å². The molecule has 1 amide bonds. The van der Waals surface area contributed by atoms with Crippen LogP contribution in [-0.4, -0.2) is 23.6 Å². The molecule has 0 saturated heterocycles. The van der Waals surface area contributed by atoms with Gasteiger partial charge in [0.25, 0.3) is 0 Å². The Morgan fingerprint density at radius 1 is 1.15 bits per heavy atom. The molecule has 144 valence electrons. The third-order valence-corrected chi connectivity index (χ3v) is 4.45. The predicted octanol–water partition coefficient (Wildman–Crippen LogP) is 4.25. The maximum Gasteiger partial charge on any atom is 0.338 e. The molecule has 27 heavy (non-hydrogen) atoms. The molecule has 0 aromatic heterocycles. The zero-order valence-corrected chi connectivity index (χ0v) is 16.1. The summed E-state index contributed by atoms with van der Waals surface area (Å²) in [4.78, 5) is 24.3. The van der Waals surface area contributed by atoms with E-state index in [0.29, 0.717) is 23.6 Å². The van der Waals surface area contributed by atoms with E-state index in [-0.39, 0.29) is 30.6 Å². The van der Waals surface area contributed by atoms with Crippen LogP contribution in [0.1, 0.15) is 47.7 Å². The van der Waals surface area contributed by atoms with Gasteiger partial charge in [-0.1, -0.05) is 49.2 Å². The zero-order chi connectivity index (χ0) is 19.6. The Morgan fingerprint density at radius 2 is 1.93 bits per heavy atom. The number of benzene rings is 2. The third kappa shape index (κ3) is 6.61. The highest BCUT2D eigenvalue weighted by atomic mass is 35.5. The van der Waals surface area contributed by atoms with Crippen molar-refractivity contribution in [3.8, 4) is 5.75 Å². The van der Waals surface area contributed by atoms with E-state index in [0.717, 1.165) is 24.0 Å². The number of carbonyl (C=O) groups is 2. The van der Waals surface area contributed by atoms with Gasteiger partial charge in [0.2, 0.25) is 5.91 Å². The first-order chi connectivity index (χ1) is 13.0. The first-order valence-electron chi connectivity index (χ1n) is 9.00. The SMILES string of the molecule is CCCCOC(=O)c1ccccc1CNC(=O)CCc1ccc(O)cc1Cl. The quantitative estimate of drug-likeness (QED) is 0.496. The minimum Gasteiger partial charge on any atom is -0.508 e. The van der Waals surface area contributed by atoms with Crippen molar-refractivity contribution < 1.29 is 19.4 Å². The van der Waals surface area contributed by atoms with Crippen LogP contribution in [0.25, 0.3) is 0 Å². The molecule has 2 N–H and O–H groups in total. The highest BCUT2D eigenvalue weighted by Gasteiger charge is 2.13. The van der Waals surface area contributed by atoms with Crippen molar-refractivity contribution in [1.82, 2.24) is 5.32 Å². The fraction of sp³-hybridized carbons (Fsp3) is 0.333. The average molecular weight is 390 g/mol. The lowest BCUT2D eigenvalue weighted by Gasteiger charge is -2.11. The monoisotopic (exact) mass is 389 g/mol. The number of unbranched alkanes of at least 4 members (excludes halogenated alkanes) is 1. The number of carbonyl (C=O) groups excluding carboxylic acids is 2. The van der Waals surface area contributed by atoms with E-state index in [9.17, 15) is 14.7 Å². The number of rotatable bonds is 9. The molecule has 2 aromatic carbocycles. The molecule has 0 aliphatic rings. The van der Waals surface area contributed by atoms with Gasteiger partial charge in [0, 0.05) is 18.0 Å². The highest BCUT2D eigenvalue weighted by Crippen LogP contribution is 2.22. The van der Waals surface area contributed by atoms with Crippen molar-refractivity contribution in [2.24, 2.45) is 0 Å². The van der Waals surface area contributed by atoms with Crippen molar-refractivity contribution in [2.75, 3.05) is 6.61 Å². The summed E-state index contributed by atoms with van der Waals surface area (Å²) in [5.41, 5.74) is 1.98. The molecule has 0 radical (unpaired) electrons. The molecule has 0 fully saturated rings. The van der Waals surface area contributed by atoms with Gasteiger partial charge in [-0.05, 0) is 42.2 Å². The smallest absolute Gasteiger partial charge is 0.338 e. The molecular formula is C21H24ClNO4. The Morgan fingerprint density at radius 3 is 2.67 bits per heavy atom. The summed E-state index contributed by atoms with van der Waals surface area (Å²) in [6.07, 6.45) is 2.50. The number of aryl methyl sites for hydroxylation is 1. The van der Waals surface area contributed by atoms with E-state index >= 15 is 0 Å². The standard InChI is InChI=1S/C21H24ClNO4/c1-2-3-12-27-21(26)18-7-5-4-6-16(18)14-23-20(25)11-9-15-8-10-17(24)13-19(15)22/h4-8,10,13,24H,2-3,9,11-12,14H2,1H3,(H,23,25). The molecule has 0 saturated carbocycles. The van der Waals surface area contributed by atoms with Crippen LogP contribution >= 0.6 is 11.6 Å². The fourth-order valence-electron chi connectivity index (χ4n) is 2.53. The molecule has 0 heterocycles. The number of phenols is 1. The van der Waals surface area contributed by atoms with E-state index < -0.39 is 0 Å². The molecular weight excluding hydrogens is 366 g/mol. The number of aromatic hydroxyl groups is 1. The van der Waals surface area contributed by atoms with Gasteiger partial charge in [-0.2, -0.15) is 0 Å². The lowest BCUT2D eigenvalue weighted by Crippen LogP contribution is -2.24. The lowest BCUT2D eigenvalue weighted by atomic mass is 10.1. The van der Waals surface area contributed by atoms with Crippen LogP contribution in [0.15, 0.2) is 42.5 Å². The number of esters is 1. The molecule has 0 bridgehead atoms. The second kappa shape index (κ2) is 10.6. The summed E-state index contributed by atoms with van der Waals surface area (Å²) in [6.45, 7) is 2.67. The largest absolute Gasteiger partial charge is 0.508 e. The van der Waals surface area contributed by atoms with Crippen LogP contribution < -0.4 is 5.32 Å². The van der Waals surface area contributed by atoms with Gasteiger partial charge in [-0.25, -0.2) is 4.79 Å². The Hall–Kier alpha value is -2.53. The molecule has 0 atom stereocenters. The van der Waals surface area contributed by atoms with E-state index in [4.69, 9.17) is 16.3 Å². The topological polar surface area (TPSA) is 75.6 Å². The summed E-state index contributed by atoms with van der Waals surface area (Å²) in [5, 5.41) is 12.6. The van der Waals surface area contributed by atoms with Gasteiger partial charge >= 0.3 is 5.97 Å². The molecule has 0 spiro atoms. The van der Waals surface area contributed by atoms with Crippen LogP contribution in [-0.2, 0) is 22.5 Å². The van der Waals surface area contributed by atoms with Crippen LogP contribution in [0, 0.1) is 0 Å². The van der Waals surface area contributed by atoms with Gasteiger partial charge in [-0.3, -0.25) is 4.79 Å². The molecule has 2 rings (SSSR count). The minimum atomic E-state index is -0.371. The number of ether oxygens (including phenoxy) is 1. The molecule has 2 aromatic rings. The number of nitrogens with one attached hydrogen (secondary N) is 1. The Balaban J connectivity index is 1.88. The van der Waals surface area contributed by atoms with Crippen molar-refractivity contribution in [2.45, 2.75) is 39.2 Å². The van der Waals surface area contributed by atoms with Gasteiger partial charge < -0.3 is 15.2 Å². The predicted molar refractivity (Wildman–Crippen MR) is 105 cm³/mol. The molecule has 0 unspecified atom stereocenters. The van der Waals surface area contributed by atoms with Crippen molar-refractivity contribution >= 4 is 23.5 Å². The van der Waals surface area contributed by atoms with E-state index in [2.05, 4.69) is 5.32 Å². The Bertz CT molecular complexity index is 792. The first-order valence-corrected chi connectivity index (χ1v) is 9.38. The second-order valence-electron chi connectivity index (χ2n) is 6.20. The second-order valence-corrected chi connectivity index (χ2v) is 6.61. The minimum absolute atomic E-state index is 0.0932. The summed E-state index contributed by atoms with van der Waals surface area (Å²) < 4.78 is 5.26. The molecule has 0 aliphatic heterocycles. The fourth-order valence-corrected chi connectivity index (χ4v) is 2.80. The average Bonchev–Trinajstić information content (AvgIpc) is 2.66. The lowest BCUT2D eigenvalue weighted by molar-refractivity contribution is -0.121. The summed E-state index contributed by atoms with van der Waals surface area (Å²) in [5.74, 6) is -0.423. The van der Waals surface area contributed by atoms with Crippen LogP contribution in [0.5, 0.6) is 5.75 Å². The van der Waals surface area contributed by atoms with Gasteiger partial charge in [-0.15, -0.1) is 0 Å². The Kier molecular flexibility index (Phi) is 8.14. The number of halogens is 1. The van der Waals surface area contributed by atoms with Gasteiger partial charge in [0.05, 0.1) is 12.2 Å². The maximum atomic E-state index is 12.2. The van der Waals surface area contributed by atoms with Crippen molar-refractivity contribution in [1.29, 1.82) is 0 Å². The van der Waals surface area contributed by atoms with E-state index in [1.165, 1.54) is 6.07 Å². The highest BCUT2D eigenvalue weighted by molar-refractivity contribution is 6.31. The summed E-state index contributed by atoms with van der Waals surface area (Å²) in [6, 6.07) is 11.8. The molecule has 6 heteroatoms. The third-order valence-electron chi connectivity index (χ3n) is 4.10. The van der Waals surface area contributed by atoms with Crippen LogP contribution in [0.2, 0.25) is 5.02 Å².